The van der Waals surface area contributed by atoms with Crippen LogP contribution in [-0.4, -0.2) is 60.1 Å². The van der Waals surface area contributed by atoms with Crippen LogP contribution >= 0.6 is 0 Å². The fourth-order valence-electron chi connectivity index (χ4n) is 2.96. The van der Waals surface area contributed by atoms with Gasteiger partial charge in [-0.15, -0.1) is 0 Å². The third-order valence-electron chi connectivity index (χ3n) is 4.53. The Hall–Kier alpha value is -0.630. The summed E-state index contributed by atoms with van der Waals surface area (Å²) in [5.74, 6) is 0. The number of piperazine rings is 1. The summed E-state index contributed by atoms with van der Waals surface area (Å²) in [6.45, 7) is 12.2. The van der Waals surface area contributed by atoms with Crippen molar-refractivity contribution in [2.75, 3.05) is 32.7 Å². The summed E-state index contributed by atoms with van der Waals surface area (Å²) in [7, 11) is 0. The molecule has 108 valence electrons. The minimum absolute atomic E-state index is 0.341. The van der Waals surface area contributed by atoms with Crippen LogP contribution < -0.4 is 5.32 Å². The fraction of sp³-hybridized carbons (Fsp3) is 0.933. The van der Waals surface area contributed by atoms with Gasteiger partial charge < -0.3 is 4.90 Å². The number of nitriles is 1. The predicted octanol–water partition coefficient (Wildman–Crippen LogP) is 1.44. The van der Waals surface area contributed by atoms with Crippen molar-refractivity contribution in [3.05, 3.63) is 0 Å². The number of hydrogen-bond acceptors (Lipinski definition) is 4. The Kier molecular flexibility index (Phi) is 4.83. The van der Waals surface area contributed by atoms with E-state index in [0.29, 0.717) is 12.1 Å². The van der Waals surface area contributed by atoms with Crippen LogP contribution in [-0.2, 0) is 0 Å². The molecule has 2 fully saturated rings. The van der Waals surface area contributed by atoms with Gasteiger partial charge in [0.2, 0.25) is 0 Å². The largest absolute Gasteiger partial charge is 0.300 e. The second kappa shape index (κ2) is 6.21. The number of nitrogens with one attached hydrogen (secondary N) is 1. The maximum absolute atomic E-state index is 9.38. The number of nitrogens with zero attached hydrogens (tertiary/aromatic N) is 3. The smallest absolute Gasteiger partial charge is 0.105 e. The van der Waals surface area contributed by atoms with E-state index in [0.717, 1.165) is 39.1 Å². The molecule has 2 aliphatic rings. The van der Waals surface area contributed by atoms with Gasteiger partial charge in [0.25, 0.3) is 0 Å². The van der Waals surface area contributed by atoms with E-state index < -0.39 is 0 Å². The minimum Gasteiger partial charge on any atom is -0.300 e. The first-order valence-corrected chi connectivity index (χ1v) is 7.71. The first kappa shape index (κ1) is 14.8. The molecule has 0 radical (unpaired) electrons. The van der Waals surface area contributed by atoms with Crippen molar-refractivity contribution in [1.29, 1.82) is 5.26 Å². The Bertz CT molecular complexity index is 334. The van der Waals surface area contributed by atoms with E-state index in [2.05, 4.69) is 42.0 Å². The van der Waals surface area contributed by atoms with Gasteiger partial charge in [-0.2, -0.15) is 5.26 Å². The monoisotopic (exact) mass is 264 g/mol. The predicted molar refractivity (Wildman–Crippen MR) is 77.9 cm³/mol. The lowest BCUT2D eigenvalue weighted by Crippen LogP contribution is -2.53. The molecule has 1 aliphatic heterocycles. The van der Waals surface area contributed by atoms with Gasteiger partial charge in [0.05, 0.1) is 6.07 Å². The van der Waals surface area contributed by atoms with E-state index in [1.165, 1.54) is 12.8 Å². The van der Waals surface area contributed by atoms with E-state index in [1.807, 2.05) is 0 Å². The topological polar surface area (TPSA) is 42.3 Å². The van der Waals surface area contributed by atoms with Crippen molar-refractivity contribution < 1.29 is 0 Å². The van der Waals surface area contributed by atoms with Crippen LogP contribution in [0.15, 0.2) is 0 Å². The van der Waals surface area contributed by atoms with E-state index in [9.17, 15) is 5.26 Å². The van der Waals surface area contributed by atoms with Crippen molar-refractivity contribution in [2.45, 2.75) is 57.7 Å². The molecule has 4 heteroatoms. The quantitative estimate of drug-likeness (QED) is 0.788. The summed E-state index contributed by atoms with van der Waals surface area (Å²) >= 11 is 0. The average Bonchev–Trinajstić information content (AvgIpc) is 3.20. The standard InChI is InChI=1S/C15H28N4/c1-4-19-10-9-18(11-13(19)2)8-7-15(3,12-16)17-14-5-6-14/h13-14,17H,4-11H2,1-3H3. The summed E-state index contributed by atoms with van der Waals surface area (Å²) in [6.07, 6.45) is 3.41. The van der Waals surface area contributed by atoms with Crippen molar-refractivity contribution in [3.8, 4) is 6.07 Å². The van der Waals surface area contributed by atoms with Crippen LogP contribution in [0.5, 0.6) is 0 Å². The van der Waals surface area contributed by atoms with Crippen LogP contribution in [0.4, 0.5) is 0 Å². The Morgan fingerprint density at radius 2 is 2.11 bits per heavy atom. The van der Waals surface area contributed by atoms with E-state index >= 15 is 0 Å². The molecule has 0 bridgehead atoms. The van der Waals surface area contributed by atoms with Gasteiger partial charge in [0.1, 0.15) is 5.54 Å². The summed E-state index contributed by atoms with van der Waals surface area (Å²) in [4.78, 5) is 5.05. The molecule has 2 unspecified atom stereocenters. The zero-order valence-electron chi connectivity index (χ0n) is 12.7. The summed E-state index contributed by atoms with van der Waals surface area (Å²) in [5, 5.41) is 12.9. The van der Waals surface area contributed by atoms with Crippen molar-refractivity contribution in [1.82, 2.24) is 15.1 Å². The molecular formula is C15H28N4. The second-order valence-electron chi connectivity index (χ2n) is 6.39. The zero-order valence-corrected chi connectivity index (χ0v) is 12.7. The Morgan fingerprint density at radius 3 is 2.63 bits per heavy atom. The third kappa shape index (κ3) is 4.17. The molecule has 1 saturated heterocycles. The molecule has 1 N–H and O–H groups in total. The number of likely N-dealkylation sites (N-methyl/N-ethyl adjacent to an activating group) is 1. The Labute approximate surface area is 117 Å². The lowest BCUT2D eigenvalue weighted by atomic mass is 9.99. The molecule has 19 heavy (non-hydrogen) atoms. The second-order valence-corrected chi connectivity index (χ2v) is 6.39. The first-order chi connectivity index (χ1) is 9.06. The highest BCUT2D eigenvalue weighted by Crippen LogP contribution is 2.24. The van der Waals surface area contributed by atoms with Gasteiger partial charge in [0, 0.05) is 38.3 Å². The van der Waals surface area contributed by atoms with Crippen LogP contribution in [0.25, 0.3) is 0 Å². The number of hydrogen-bond donors (Lipinski definition) is 1. The summed E-state index contributed by atoms with van der Waals surface area (Å²) in [5.41, 5.74) is -0.341. The van der Waals surface area contributed by atoms with Gasteiger partial charge in [-0.1, -0.05) is 6.92 Å². The third-order valence-corrected chi connectivity index (χ3v) is 4.53. The number of rotatable bonds is 6. The SMILES string of the molecule is CCN1CCN(CCC(C)(C#N)NC2CC2)CC1C. The molecule has 2 atom stereocenters. The molecule has 0 amide bonds. The molecule has 1 heterocycles. The van der Waals surface area contributed by atoms with Gasteiger partial charge >= 0.3 is 0 Å². The molecule has 0 aromatic heterocycles. The van der Waals surface area contributed by atoms with Crippen LogP contribution in [0, 0.1) is 11.3 Å². The van der Waals surface area contributed by atoms with Gasteiger partial charge in [-0.05, 0) is 39.7 Å². The van der Waals surface area contributed by atoms with Crippen molar-refractivity contribution >= 4 is 0 Å². The highest BCUT2D eigenvalue weighted by Gasteiger charge is 2.33. The van der Waals surface area contributed by atoms with Gasteiger partial charge in [-0.25, -0.2) is 0 Å². The first-order valence-electron chi connectivity index (χ1n) is 7.71. The highest BCUT2D eigenvalue weighted by molar-refractivity contribution is 5.07. The van der Waals surface area contributed by atoms with E-state index in [1.54, 1.807) is 0 Å². The van der Waals surface area contributed by atoms with Gasteiger partial charge in [0.15, 0.2) is 0 Å². The van der Waals surface area contributed by atoms with Crippen LogP contribution in [0.2, 0.25) is 0 Å². The molecule has 4 nitrogen and oxygen atoms in total. The summed E-state index contributed by atoms with van der Waals surface area (Å²) < 4.78 is 0. The molecule has 1 saturated carbocycles. The molecule has 0 spiro atoms. The van der Waals surface area contributed by atoms with E-state index in [-0.39, 0.29) is 5.54 Å². The Balaban J connectivity index is 1.76. The van der Waals surface area contributed by atoms with Crippen LogP contribution in [0.3, 0.4) is 0 Å². The molecule has 2 rings (SSSR count). The van der Waals surface area contributed by atoms with E-state index in [4.69, 9.17) is 0 Å². The maximum atomic E-state index is 9.38. The van der Waals surface area contributed by atoms with Gasteiger partial charge in [-0.3, -0.25) is 10.2 Å². The molecule has 0 aromatic rings. The van der Waals surface area contributed by atoms with Crippen LogP contribution in [0.1, 0.15) is 40.0 Å². The van der Waals surface area contributed by atoms with Crippen molar-refractivity contribution in [3.63, 3.8) is 0 Å². The lowest BCUT2D eigenvalue weighted by molar-refractivity contribution is 0.0835. The summed E-state index contributed by atoms with van der Waals surface area (Å²) in [6, 6.07) is 3.71. The normalized spacial score (nSPS) is 28.8. The Morgan fingerprint density at radius 1 is 1.37 bits per heavy atom. The maximum Gasteiger partial charge on any atom is 0.105 e. The van der Waals surface area contributed by atoms with Crippen molar-refractivity contribution in [2.24, 2.45) is 0 Å². The zero-order chi connectivity index (χ0) is 13.9. The fourth-order valence-corrected chi connectivity index (χ4v) is 2.96. The molecule has 1 aliphatic carbocycles. The average molecular weight is 264 g/mol. The lowest BCUT2D eigenvalue weighted by Gasteiger charge is -2.40. The minimum atomic E-state index is -0.341. The molecule has 0 aromatic carbocycles. The highest BCUT2D eigenvalue weighted by atomic mass is 15.3. The molecular weight excluding hydrogens is 236 g/mol.